The number of rotatable bonds is 6. The Hall–Kier alpha value is -0.820. The maximum Gasteiger partial charge on any atom is 0.0291 e. The summed E-state index contributed by atoms with van der Waals surface area (Å²) in [7, 11) is 0. The Kier molecular flexibility index (Phi) is 5.25. The van der Waals surface area contributed by atoms with Crippen LogP contribution >= 0.6 is 0 Å². The van der Waals surface area contributed by atoms with Crippen LogP contribution in [0.5, 0.6) is 0 Å². The molecule has 0 saturated heterocycles. The van der Waals surface area contributed by atoms with E-state index < -0.39 is 0 Å². The third kappa shape index (κ3) is 3.84. The van der Waals surface area contributed by atoms with Gasteiger partial charge in [-0.25, -0.2) is 0 Å². The molecule has 2 rings (SSSR count). The minimum Gasteiger partial charge on any atom is -0.310 e. The first kappa shape index (κ1) is 13.6. The Morgan fingerprint density at radius 2 is 1.83 bits per heavy atom. The van der Waals surface area contributed by atoms with Gasteiger partial charge in [0, 0.05) is 6.04 Å². The molecule has 0 radical (unpaired) electrons. The Bertz CT molecular complexity index is 335. The van der Waals surface area contributed by atoms with Gasteiger partial charge in [0.1, 0.15) is 0 Å². The van der Waals surface area contributed by atoms with E-state index in [2.05, 4.69) is 43.4 Å². The number of benzene rings is 1. The molecule has 0 heterocycles. The highest BCUT2D eigenvalue weighted by Crippen LogP contribution is 2.27. The van der Waals surface area contributed by atoms with E-state index in [1.165, 1.54) is 49.8 Å². The van der Waals surface area contributed by atoms with E-state index in [9.17, 15) is 0 Å². The summed E-state index contributed by atoms with van der Waals surface area (Å²) in [5.74, 6) is 0.993. The van der Waals surface area contributed by atoms with Crippen LogP contribution in [0.25, 0.3) is 0 Å². The third-order valence-corrected chi connectivity index (χ3v) is 4.37. The molecule has 18 heavy (non-hydrogen) atoms. The Labute approximate surface area is 112 Å². The van der Waals surface area contributed by atoms with Crippen molar-refractivity contribution in [3.63, 3.8) is 0 Å². The lowest BCUT2D eigenvalue weighted by atomic mass is 10.0. The highest BCUT2D eigenvalue weighted by atomic mass is 14.9. The summed E-state index contributed by atoms with van der Waals surface area (Å²) in [6.07, 6.45) is 8.32. The van der Waals surface area contributed by atoms with Gasteiger partial charge < -0.3 is 5.32 Å². The van der Waals surface area contributed by atoms with Crippen LogP contribution in [0.3, 0.4) is 0 Å². The van der Waals surface area contributed by atoms with Gasteiger partial charge in [0.2, 0.25) is 0 Å². The standard InChI is InChI=1S/C17H27N/c1-3-15-8-10-17(11-9-15)14(2)18-13-12-16-6-4-5-7-16/h8-11,14,16,18H,3-7,12-13H2,1-2H3. The van der Waals surface area contributed by atoms with Crippen LogP contribution in [0.15, 0.2) is 24.3 Å². The second-order valence-corrected chi connectivity index (χ2v) is 5.71. The Morgan fingerprint density at radius 1 is 1.17 bits per heavy atom. The molecule has 1 saturated carbocycles. The number of aryl methyl sites for hydroxylation is 1. The molecule has 1 aliphatic rings. The summed E-state index contributed by atoms with van der Waals surface area (Å²) < 4.78 is 0. The molecule has 1 aromatic carbocycles. The fourth-order valence-corrected chi connectivity index (χ4v) is 2.96. The van der Waals surface area contributed by atoms with Crippen molar-refractivity contribution in [2.45, 2.75) is 58.4 Å². The van der Waals surface area contributed by atoms with Gasteiger partial charge in [0.05, 0.1) is 0 Å². The van der Waals surface area contributed by atoms with Crippen molar-refractivity contribution in [1.82, 2.24) is 5.32 Å². The quantitative estimate of drug-likeness (QED) is 0.779. The van der Waals surface area contributed by atoms with Crippen molar-refractivity contribution < 1.29 is 0 Å². The van der Waals surface area contributed by atoms with Gasteiger partial charge >= 0.3 is 0 Å². The van der Waals surface area contributed by atoms with Crippen LogP contribution in [0.1, 0.15) is 63.1 Å². The minimum absolute atomic E-state index is 0.484. The highest BCUT2D eigenvalue weighted by Gasteiger charge is 2.14. The van der Waals surface area contributed by atoms with Gasteiger partial charge in [0.25, 0.3) is 0 Å². The third-order valence-electron chi connectivity index (χ3n) is 4.37. The first-order valence-electron chi connectivity index (χ1n) is 7.62. The van der Waals surface area contributed by atoms with E-state index >= 15 is 0 Å². The fourth-order valence-electron chi connectivity index (χ4n) is 2.96. The molecule has 1 fully saturated rings. The van der Waals surface area contributed by atoms with Crippen molar-refractivity contribution in [2.24, 2.45) is 5.92 Å². The predicted molar refractivity (Wildman–Crippen MR) is 78.8 cm³/mol. The largest absolute Gasteiger partial charge is 0.310 e. The summed E-state index contributed by atoms with van der Waals surface area (Å²) in [6.45, 7) is 5.65. The van der Waals surface area contributed by atoms with E-state index in [1.54, 1.807) is 0 Å². The molecule has 0 spiro atoms. The normalized spacial score (nSPS) is 18.1. The molecule has 1 heteroatoms. The second kappa shape index (κ2) is 6.94. The van der Waals surface area contributed by atoms with Crippen molar-refractivity contribution in [2.75, 3.05) is 6.54 Å². The van der Waals surface area contributed by atoms with Crippen molar-refractivity contribution in [3.8, 4) is 0 Å². The molecule has 0 amide bonds. The first-order valence-corrected chi connectivity index (χ1v) is 7.62. The summed E-state index contributed by atoms with van der Waals surface area (Å²) in [5.41, 5.74) is 2.84. The summed E-state index contributed by atoms with van der Waals surface area (Å²) in [4.78, 5) is 0. The molecular weight excluding hydrogens is 218 g/mol. The van der Waals surface area contributed by atoms with Gasteiger partial charge in [-0.05, 0) is 43.4 Å². The van der Waals surface area contributed by atoms with Crippen LogP contribution < -0.4 is 5.32 Å². The SMILES string of the molecule is CCc1ccc(C(C)NCCC2CCCC2)cc1. The average Bonchev–Trinajstić information content (AvgIpc) is 2.92. The predicted octanol–water partition coefficient (Wildman–Crippen LogP) is 4.48. The molecule has 0 aromatic heterocycles. The number of hydrogen-bond acceptors (Lipinski definition) is 1. The molecule has 100 valence electrons. The second-order valence-electron chi connectivity index (χ2n) is 5.71. The van der Waals surface area contributed by atoms with Crippen molar-refractivity contribution in [1.29, 1.82) is 0 Å². The molecular formula is C17H27N. The van der Waals surface area contributed by atoms with E-state index in [-0.39, 0.29) is 0 Å². The topological polar surface area (TPSA) is 12.0 Å². The van der Waals surface area contributed by atoms with Crippen molar-refractivity contribution in [3.05, 3.63) is 35.4 Å². The zero-order valence-corrected chi connectivity index (χ0v) is 11.9. The molecule has 0 aliphatic heterocycles. The Balaban J connectivity index is 1.74. The van der Waals surface area contributed by atoms with Crippen molar-refractivity contribution >= 4 is 0 Å². The lowest BCUT2D eigenvalue weighted by Gasteiger charge is -2.16. The number of hydrogen-bond donors (Lipinski definition) is 1. The smallest absolute Gasteiger partial charge is 0.0291 e. The zero-order chi connectivity index (χ0) is 12.8. The number of nitrogens with one attached hydrogen (secondary N) is 1. The molecule has 1 unspecified atom stereocenters. The zero-order valence-electron chi connectivity index (χ0n) is 11.9. The van der Waals surface area contributed by atoms with E-state index in [0.29, 0.717) is 6.04 Å². The fraction of sp³-hybridized carbons (Fsp3) is 0.647. The van der Waals surface area contributed by atoms with Gasteiger partial charge in [-0.1, -0.05) is 56.9 Å². The van der Waals surface area contributed by atoms with Gasteiger partial charge in [0.15, 0.2) is 0 Å². The summed E-state index contributed by atoms with van der Waals surface area (Å²) in [5, 5.41) is 3.66. The van der Waals surface area contributed by atoms with Crippen LogP contribution in [0.4, 0.5) is 0 Å². The highest BCUT2D eigenvalue weighted by molar-refractivity contribution is 5.24. The molecule has 1 aromatic rings. The van der Waals surface area contributed by atoms with Crippen LogP contribution in [-0.4, -0.2) is 6.54 Å². The van der Waals surface area contributed by atoms with Crippen LogP contribution in [-0.2, 0) is 6.42 Å². The molecule has 1 N–H and O–H groups in total. The van der Waals surface area contributed by atoms with Gasteiger partial charge in [-0.3, -0.25) is 0 Å². The lowest BCUT2D eigenvalue weighted by Crippen LogP contribution is -2.21. The minimum atomic E-state index is 0.484. The maximum atomic E-state index is 3.66. The van der Waals surface area contributed by atoms with E-state index in [1.807, 2.05) is 0 Å². The van der Waals surface area contributed by atoms with Crippen LogP contribution in [0, 0.1) is 5.92 Å². The van der Waals surface area contributed by atoms with E-state index in [4.69, 9.17) is 0 Å². The summed E-state index contributed by atoms with van der Waals surface area (Å²) in [6, 6.07) is 9.53. The molecule has 1 aliphatic carbocycles. The molecule has 1 atom stereocenters. The monoisotopic (exact) mass is 245 g/mol. The maximum absolute atomic E-state index is 3.66. The average molecular weight is 245 g/mol. The van der Waals surface area contributed by atoms with E-state index in [0.717, 1.165) is 12.3 Å². The van der Waals surface area contributed by atoms with Gasteiger partial charge in [-0.15, -0.1) is 0 Å². The summed E-state index contributed by atoms with van der Waals surface area (Å²) >= 11 is 0. The Morgan fingerprint density at radius 3 is 2.44 bits per heavy atom. The van der Waals surface area contributed by atoms with Gasteiger partial charge in [-0.2, -0.15) is 0 Å². The first-order chi connectivity index (χ1) is 8.79. The molecule has 1 nitrogen and oxygen atoms in total. The lowest BCUT2D eigenvalue weighted by molar-refractivity contribution is 0.455. The molecule has 0 bridgehead atoms. The van der Waals surface area contributed by atoms with Crippen LogP contribution in [0.2, 0.25) is 0 Å².